The van der Waals surface area contributed by atoms with Gasteiger partial charge in [0.05, 0.1) is 17.5 Å². The van der Waals surface area contributed by atoms with Crippen LogP contribution in [0.2, 0.25) is 0 Å². The topological polar surface area (TPSA) is 71.3 Å². The van der Waals surface area contributed by atoms with Crippen molar-refractivity contribution < 1.29 is 14.0 Å². The predicted octanol–water partition coefficient (Wildman–Crippen LogP) is 3.77. The number of rotatable bonds is 5. The molecule has 0 saturated heterocycles. The van der Waals surface area contributed by atoms with Crippen LogP contribution in [0.5, 0.6) is 0 Å². The summed E-state index contributed by atoms with van der Waals surface area (Å²) in [7, 11) is 0. The van der Waals surface area contributed by atoms with E-state index in [9.17, 15) is 9.59 Å². The van der Waals surface area contributed by atoms with Gasteiger partial charge in [-0.1, -0.05) is 36.4 Å². The largest absolute Gasteiger partial charge is 0.459 e. The Morgan fingerprint density at radius 2 is 1.68 bits per heavy atom. The second-order valence-electron chi connectivity index (χ2n) is 5.59. The number of hydrogen-bond acceptors (Lipinski definition) is 3. The molecule has 0 saturated carbocycles. The summed E-state index contributed by atoms with van der Waals surface area (Å²) in [4.78, 5) is 24.7. The van der Waals surface area contributed by atoms with Crippen molar-refractivity contribution in [1.82, 2.24) is 5.32 Å². The number of para-hydroxylation sites is 1. The Balaban J connectivity index is 1.72. The molecule has 2 aromatic carbocycles. The SMILES string of the molecule is Cc1ccccc1CNC(=O)c1ccccc1NC(=O)c1ccco1. The van der Waals surface area contributed by atoms with Crippen LogP contribution < -0.4 is 10.6 Å². The highest BCUT2D eigenvalue weighted by Gasteiger charge is 2.15. The zero-order chi connectivity index (χ0) is 17.6. The number of anilines is 1. The highest BCUT2D eigenvalue weighted by Crippen LogP contribution is 2.17. The Bertz CT molecular complexity index is 885. The van der Waals surface area contributed by atoms with Crippen molar-refractivity contribution >= 4 is 17.5 Å². The Kier molecular flexibility index (Phi) is 4.95. The summed E-state index contributed by atoms with van der Waals surface area (Å²) >= 11 is 0. The molecular formula is C20H18N2O3. The first-order chi connectivity index (χ1) is 12.1. The minimum Gasteiger partial charge on any atom is -0.459 e. The standard InChI is InChI=1S/C20H18N2O3/c1-14-7-2-3-8-15(14)13-21-19(23)16-9-4-5-10-17(16)22-20(24)18-11-6-12-25-18/h2-12H,13H2,1H3,(H,21,23)(H,22,24). The van der Waals surface area contributed by atoms with Crippen LogP contribution in [0, 0.1) is 6.92 Å². The minimum absolute atomic E-state index is 0.190. The normalized spacial score (nSPS) is 10.3. The molecule has 0 bridgehead atoms. The molecule has 3 aromatic rings. The van der Waals surface area contributed by atoms with Gasteiger partial charge in [-0.05, 0) is 42.3 Å². The molecule has 1 heterocycles. The number of carbonyl (C=O) groups is 2. The monoisotopic (exact) mass is 334 g/mol. The van der Waals surface area contributed by atoms with Crippen LogP contribution in [0.3, 0.4) is 0 Å². The molecule has 2 N–H and O–H groups in total. The van der Waals surface area contributed by atoms with Crippen molar-refractivity contribution in [1.29, 1.82) is 0 Å². The van der Waals surface area contributed by atoms with Gasteiger partial charge >= 0.3 is 0 Å². The Morgan fingerprint density at radius 3 is 2.44 bits per heavy atom. The second kappa shape index (κ2) is 7.49. The van der Waals surface area contributed by atoms with Gasteiger partial charge in [0, 0.05) is 6.54 Å². The van der Waals surface area contributed by atoms with E-state index in [4.69, 9.17) is 4.42 Å². The lowest BCUT2D eigenvalue weighted by Gasteiger charge is -2.11. The quantitative estimate of drug-likeness (QED) is 0.746. The van der Waals surface area contributed by atoms with Gasteiger partial charge in [-0.25, -0.2) is 0 Å². The van der Waals surface area contributed by atoms with E-state index >= 15 is 0 Å². The summed E-state index contributed by atoms with van der Waals surface area (Å²) in [5.41, 5.74) is 3.00. The summed E-state index contributed by atoms with van der Waals surface area (Å²) in [5.74, 6) is -0.460. The van der Waals surface area contributed by atoms with E-state index < -0.39 is 5.91 Å². The molecule has 3 rings (SSSR count). The minimum atomic E-state index is -0.399. The Morgan fingerprint density at radius 1 is 0.920 bits per heavy atom. The molecule has 2 amide bonds. The van der Waals surface area contributed by atoms with E-state index in [1.807, 2.05) is 31.2 Å². The number of nitrogens with one attached hydrogen (secondary N) is 2. The predicted molar refractivity (Wildman–Crippen MR) is 95.5 cm³/mol. The van der Waals surface area contributed by atoms with E-state index in [-0.39, 0.29) is 11.7 Å². The van der Waals surface area contributed by atoms with E-state index in [0.717, 1.165) is 11.1 Å². The lowest BCUT2D eigenvalue weighted by Crippen LogP contribution is -2.25. The number of benzene rings is 2. The molecule has 0 spiro atoms. The van der Waals surface area contributed by atoms with E-state index in [0.29, 0.717) is 17.8 Å². The van der Waals surface area contributed by atoms with Gasteiger partial charge in [-0.2, -0.15) is 0 Å². The van der Waals surface area contributed by atoms with Crippen LogP contribution >= 0.6 is 0 Å². The summed E-state index contributed by atoms with van der Waals surface area (Å²) in [6.07, 6.45) is 1.43. The number of carbonyl (C=O) groups excluding carboxylic acids is 2. The average molecular weight is 334 g/mol. The molecule has 0 fully saturated rings. The van der Waals surface area contributed by atoms with Crippen molar-refractivity contribution in [3.63, 3.8) is 0 Å². The first-order valence-corrected chi connectivity index (χ1v) is 7.92. The molecule has 0 aliphatic carbocycles. The molecule has 1 aromatic heterocycles. The van der Waals surface area contributed by atoms with Gasteiger partial charge in [-0.15, -0.1) is 0 Å². The van der Waals surface area contributed by atoms with Crippen LogP contribution in [0.15, 0.2) is 71.3 Å². The fourth-order valence-electron chi connectivity index (χ4n) is 2.46. The smallest absolute Gasteiger partial charge is 0.291 e. The van der Waals surface area contributed by atoms with Crippen LogP contribution in [-0.2, 0) is 6.54 Å². The van der Waals surface area contributed by atoms with Gasteiger partial charge in [0.25, 0.3) is 11.8 Å². The number of hydrogen-bond donors (Lipinski definition) is 2. The zero-order valence-corrected chi connectivity index (χ0v) is 13.8. The first kappa shape index (κ1) is 16.5. The number of aryl methyl sites for hydroxylation is 1. The fourth-order valence-corrected chi connectivity index (χ4v) is 2.46. The van der Waals surface area contributed by atoms with Crippen molar-refractivity contribution in [2.45, 2.75) is 13.5 Å². The zero-order valence-electron chi connectivity index (χ0n) is 13.8. The first-order valence-electron chi connectivity index (χ1n) is 7.92. The summed E-state index contributed by atoms with van der Waals surface area (Å²) < 4.78 is 5.07. The maximum atomic E-state index is 12.5. The molecule has 5 heteroatoms. The maximum absolute atomic E-state index is 12.5. The van der Waals surface area contributed by atoms with Crippen LogP contribution in [0.25, 0.3) is 0 Å². The molecule has 0 atom stereocenters. The lowest BCUT2D eigenvalue weighted by atomic mass is 10.1. The molecule has 0 aliphatic heterocycles. The Hall–Kier alpha value is -3.34. The van der Waals surface area contributed by atoms with Gasteiger partial charge in [0.1, 0.15) is 0 Å². The lowest BCUT2D eigenvalue weighted by molar-refractivity contribution is 0.0951. The van der Waals surface area contributed by atoms with Crippen LogP contribution in [0.1, 0.15) is 32.0 Å². The third-order valence-corrected chi connectivity index (χ3v) is 3.87. The van der Waals surface area contributed by atoms with Crippen molar-refractivity contribution in [2.24, 2.45) is 0 Å². The fraction of sp³-hybridized carbons (Fsp3) is 0.100. The van der Waals surface area contributed by atoms with Gasteiger partial charge in [0.15, 0.2) is 5.76 Å². The Labute approximate surface area is 145 Å². The third kappa shape index (κ3) is 3.95. The molecule has 126 valence electrons. The third-order valence-electron chi connectivity index (χ3n) is 3.87. The highest BCUT2D eigenvalue weighted by molar-refractivity contribution is 6.07. The summed E-state index contributed by atoms with van der Waals surface area (Å²) in [6, 6.07) is 17.9. The van der Waals surface area contributed by atoms with Gasteiger partial charge in [0.2, 0.25) is 0 Å². The van der Waals surface area contributed by atoms with Crippen LogP contribution in [-0.4, -0.2) is 11.8 Å². The highest BCUT2D eigenvalue weighted by atomic mass is 16.3. The second-order valence-corrected chi connectivity index (χ2v) is 5.59. The van der Waals surface area contributed by atoms with Crippen molar-refractivity contribution in [3.8, 4) is 0 Å². The van der Waals surface area contributed by atoms with E-state index in [1.54, 1.807) is 36.4 Å². The van der Waals surface area contributed by atoms with E-state index in [2.05, 4.69) is 10.6 Å². The number of furan rings is 1. The van der Waals surface area contributed by atoms with E-state index in [1.165, 1.54) is 6.26 Å². The molecule has 0 unspecified atom stereocenters. The van der Waals surface area contributed by atoms with Gasteiger partial charge in [-0.3, -0.25) is 9.59 Å². The van der Waals surface area contributed by atoms with Crippen LogP contribution in [0.4, 0.5) is 5.69 Å². The molecule has 0 aliphatic rings. The van der Waals surface area contributed by atoms with Crippen molar-refractivity contribution in [2.75, 3.05) is 5.32 Å². The molecule has 25 heavy (non-hydrogen) atoms. The molecule has 0 radical (unpaired) electrons. The molecular weight excluding hydrogens is 316 g/mol. The summed E-state index contributed by atoms with van der Waals surface area (Å²) in [6.45, 7) is 2.42. The molecule has 5 nitrogen and oxygen atoms in total. The van der Waals surface area contributed by atoms with Crippen molar-refractivity contribution in [3.05, 3.63) is 89.4 Å². The average Bonchev–Trinajstić information content (AvgIpc) is 3.16. The number of amides is 2. The summed E-state index contributed by atoms with van der Waals surface area (Å²) in [5, 5.41) is 5.60. The maximum Gasteiger partial charge on any atom is 0.291 e. The van der Waals surface area contributed by atoms with Gasteiger partial charge < -0.3 is 15.1 Å².